The van der Waals surface area contributed by atoms with Crippen molar-refractivity contribution >= 4 is 28.8 Å². The quantitative estimate of drug-likeness (QED) is 0.523. The van der Waals surface area contributed by atoms with Crippen molar-refractivity contribution in [1.29, 1.82) is 0 Å². The standard InChI is InChI=1S/C21H17ClN4O3/c1-13-16(21(28)26-19(24-13)10-11-23-26)12-20(27)25-14-6-8-15(9-7-14)29-18-5-3-2-4-17(18)22/h2-11,23H,12H2,1H3,(H,25,27). The molecule has 0 saturated heterocycles. The van der Waals surface area contributed by atoms with Gasteiger partial charge in [0.05, 0.1) is 11.4 Å². The molecular formula is C21H17ClN4O3. The number of rotatable bonds is 5. The Kier molecular flexibility index (Phi) is 5.05. The van der Waals surface area contributed by atoms with E-state index in [2.05, 4.69) is 15.4 Å². The first-order valence-electron chi connectivity index (χ1n) is 8.89. The smallest absolute Gasteiger partial charge is 0.276 e. The number of halogens is 1. The molecule has 2 aromatic heterocycles. The highest BCUT2D eigenvalue weighted by Gasteiger charge is 2.14. The molecule has 4 rings (SSSR count). The lowest BCUT2D eigenvalue weighted by molar-refractivity contribution is -0.115. The number of hydrogen-bond donors (Lipinski definition) is 2. The molecule has 0 bridgehead atoms. The third-order valence-corrected chi connectivity index (χ3v) is 4.70. The second-order valence-corrected chi connectivity index (χ2v) is 6.83. The highest BCUT2D eigenvalue weighted by atomic mass is 35.5. The molecule has 0 unspecified atom stereocenters. The lowest BCUT2D eigenvalue weighted by Gasteiger charge is -2.10. The van der Waals surface area contributed by atoms with E-state index < -0.39 is 0 Å². The van der Waals surface area contributed by atoms with Gasteiger partial charge in [0.25, 0.3) is 5.56 Å². The summed E-state index contributed by atoms with van der Waals surface area (Å²) < 4.78 is 7.04. The molecule has 0 saturated carbocycles. The average molecular weight is 409 g/mol. The molecule has 29 heavy (non-hydrogen) atoms. The van der Waals surface area contributed by atoms with E-state index in [-0.39, 0.29) is 17.9 Å². The number of anilines is 1. The van der Waals surface area contributed by atoms with E-state index in [4.69, 9.17) is 16.3 Å². The number of para-hydroxylation sites is 1. The number of aryl methyl sites for hydroxylation is 1. The Morgan fingerprint density at radius 2 is 1.93 bits per heavy atom. The largest absolute Gasteiger partial charge is 0.456 e. The summed E-state index contributed by atoms with van der Waals surface area (Å²) in [5.41, 5.74) is 1.71. The van der Waals surface area contributed by atoms with Crippen molar-refractivity contribution in [2.75, 3.05) is 5.32 Å². The Labute approximate surface area is 170 Å². The number of benzene rings is 2. The number of nitrogens with zero attached hydrogens (tertiary/aromatic N) is 2. The maximum absolute atomic E-state index is 12.5. The van der Waals surface area contributed by atoms with Crippen molar-refractivity contribution in [3.8, 4) is 11.5 Å². The van der Waals surface area contributed by atoms with Crippen LogP contribution in [0, 0.1) is 6.92 Å². The van der Waals surface area contributed by atoms with E-state index in [9.17, 15) is 9.59 Å². The van der Waals surface area contributed by atoms with Crippen LogP contribution in [0.4, 0.5) is 5.69 Å². The molecule has 0 aliphatic rings. The van der Waals surface area contributed by atoms with Crippen LogP contribution < -0.4 is 15.6 Å². The number of fused-ring (bicyclic) bond motifs is 1. The monoisotopic (exact) mass is 408 g/mol. The number of aromatic amines is 1. The van der Waals surface area contributed by atoms with Gasteiger partial charge in [0, 0.05) is 29.2 Å². The van der Waals surface area contributed by atoms with Gasteiger partial charge in [-0.1, -0.05) is 23.7 Å². The fourth-order valence-corrected chi connectivity index (χ4v) is 3.11. The normalized spacial score (nSPS) is 10.8. The minimum Gasteiger partial charge on any atom is -0.456 e. The third-order valence-electron chi connectivity index (χ3n) is 4.39. The van der Waals surface area contributed by atoms with Gasteiger partial charge in [-0.3, -0.25) is 14.7 Å². The fourth-order valence-electron chi connectivity index (χ4n) is 2.94. The summed E-state index contributed by atoms with van der Waals surface area (Å²) in [4.78, 5) is 29.3. The zero-order chi connectivity index (χ0) is 20.4. The number of nitrogens with one attached hydrogen (secondary N) is 2. The number of ether oxygens (including phenoxy) is 1. The molecule has 4 aromatic rings. The summed E-state index contributed by atoms with van der Waals surface area (Å²) in [6.07, 6.45) is 1.55. The summed E-state index contributed by atoms with van der Waals surface area (Å²) in [5.74, 6) is 0.832. The molecule has 2 N–H and O–H groups in total. The predicted molar refractivity (Wildman–Crippen MR) is 111 cm³/mol. The maximum atomic E-state index is 12.5. The minimum absolute atomic E-state index is 0.0719. The Morgan fingerprint density at radius 1 is 1.17 bits per heavy atom. The average Bonchev–Trinajstić information content (AvgIpc) is 3.17. The zero-order valence-electron chi connectivity index (χ0n) is 15.5. The van der Waals surface area contributed by atoms with Crippen LogP contribution in [0.3, 0.4) is 0 Å². The van der Waals surface area contributed by atoms with E-state index in [0.717, 1.165) is 0 Å². The summed E-state index contributed by atoms with van der Waals surface area (Å²) in [7, 11) is 0. The first-order valence-corrected chi connectivity index (χ1v) is 9.27. The molecule has 0 fully saturated rings. The molecule has 0 aliphatic heterocycles. The van der Waals surface area contributed by atoms with Gasteiger partial charge in [0.1, 0.15) is 11.5 Å². The van der Waals surface area contributed by atoms with Crippen molar-refractivity contribution in [1.82, 2.24) is 14.6 Å². The first-order chi connectivity index (χ1) is 14.0. The summed E-state index contributed by atoms with van der Waals surface area (Å²) >= 11 is 6.09. The van der Waals surface area contributed by atoms with Gasteiger partial charge in [0.2, 0.25) is 5.91 Å². The molecule has 0 atom stereocenters. The number of carbonyl (C=O) groups is 1. The van der Waals surface area contributed by atoms with Crippen molar-refractivity contribution in [2.24, 2.45) is 0 Å². The van der Waals surface area contributed by atoms with Crippen LogP contribution in [0.25, 0.3) is 5.65 Å². The number of H-pyrrole nitrogens is 1. The highest BCUT2D eigenvalue weighted by Crippen LogP contribution is 2.29. The van der Waals surface area contributed by atoms with E-state index >= 15 is 0 Å². The zero-order valence-corrected chi connectivity index (χ0v) is 16.2. The van der Waals surface area contributed by atoms with Gasteiger partial charge in [-0.15, -0.1) is 0 Å². The molecule has 0 radical (unpaired) electrons. The second-order valence-electron chi connectivity index (χ2n) is 6.42. The molecule has 146 valence electrons. The van der Waals surface area contributed by atoms with Crippen molar-refractivity contribution in [3.05, 3.63) is 87.4 Å². The van der Waals surface area contributed by atoms with E-state index in [0.29, 0.717) is 39.1 Å². The lowest BCUT2D eigenvalue weighted by atomic mass is 10.1. The molecule has 1 amide bonds. The lowest BCUT2D eigenvalue weighted by Crippen LogP contribution is -2.26. The number of carbonyl (C=O) groups excluding carboxylic acids is 1. The first kappa shape index (κ1) is 18.8. The Morgan fingerprint density at radius 3 is 2.69 bits per heavy atom. The number of hydrogen-bond acceptors (Lipinski definition) is 4. The summed E-state index contributed by atoms with van der Waals surface area (Å²) in [6.45, 7) is 1.72. The summed E-state index contributed by atoms with van der Waals surface area (Å²) in [6, 6.07) is 15.8. The topological polar surface area (TPSA) is 88.5 Å². The molecule has 0 spiro atoms. The van der Waals surface area contributed by atoms with Gasteiger partial charge in [0.15, 0.2) is 5.65 Å². The molecule has 2 aromatic carbocycles. The van der Waals surface area contributed by atoms with Crippen molar-refractivity contribution in [3.63, 3.8) is 0 Å². The summed E-state index contributed by atoms with van der Waals surface area (Å²) in [5, 5.41) is 6.09. The van der Waals surface area contributed by atoms with Gasteiger partial charge in [-0.2, -0.15) is 0 Å². The van der Waals surface area contributed by atoms with Crippen LogP contribution in [0.15, 0.2) is 65.6 Å². The number of amides is 1. The van der Waals surface area contributed by atoms with Crippen LogP contribution in [0.1, 0.15) is 11.3 Å². The predicted octanol–water partition coefficient (Wildman–Crippen LogP) is 3.96. The maximum Gasteiger partial charge on any atom is 0.276 e. The molecule has 7 nitrogen and oxygen atoms in total. The fraction of sp³-hybridized carbons (Fsp3) is 0.0952. The van der Waals surface area contributed by atoms with E-state index in [1.54, 1.807) is 55.6 Å². The van der Waals surface area contributed by atoms with Crippen LogP contribution in [0.5, 0.6) is 11.5 Å². The highest BCUT2D eigenvalue weighted by molar-refractivity contribution is 6.32. The van der Waals surface area contributed by atoms with Crippen LogP contribution in [-0.4, -0.2) is 20.5 Å². The molecule has 2 heterocycles. The number of aromatic nitrogens is 3. The van der Waals surface area contributed by atoms with Crippen LogP contribution >= 0.6 is 11.6 Å². The van der Waals surface area contributed by atoms with Crippen molar-refractivity contribution < 1.29 is 9.53 Å². The SMILES string of the molecule is Cc1nc2cc[nH]n2c(=O)c1CC(=O)Nc1ccc(Oc2ccccc2Cl)cc1. The minimum atomic E-state index is -0.307. The van der Waals surface area contributed by atoms with Gasteiger partial charge >= 0.3 is 0 Å². The molecule has 0 aliphatic carbocycles. The molecular weight excluding hydrogens is 392 g/mol. The van der Waals surface area contributed by atoms with E-state index in [1.165, 1.54) is 4.52 Å². The van der Waals surface area contributed by atoms with E-state index in [1.807, 2.05) is 12.1 Å². The van der Waals surface area contributed by atoms with Crippen molar-refractivity contribution in [2.45, 2.75) is 13.3 Å². The second kappa shape index (κ2) is 7.81. The van der Waals surface area contributed by atoms with Gasteiger partial charge in [-0.25, -0.2) is 9.50 Å². The third kappa shape index (κ3) is 4.00. The molecule has 8 heteroatoms. The van der Waals surface area contributed by atoms with Gasteiger partial charge in [-0.05, 0) is 43.3 Å². The Hall–Kier alpha value is -3.58. The Balaban J connectivity index is 1.45. The van der Waals surface area contributed by atoms with Crippen LogP contribution in [0.2, 0.25) is 5.02 Å². The Bertz CT molecular complexity index is 1250. The van der Waals surface area contributed by atoms with Crippen LogP contribution in [-0.2, 0) is 11.2 Å². The van der Waals surface area contributed by atoms with Gasteiger partial charge < -0.3 is 10.1 Å².